The molecule has 2 atom stereocenters. The molecular weight excluding hydrogens is 488 g/mol. The maximum atomic E-state index is 14.6. The lowest BCUT2D eigenvalue weighted by molar-refractivity contribution is -0.136. The highest BCUT2D eigenvalue weighted by Crippen LogP contribution is 2.46. The summed E-state index contributed by atoms with van der Waals surface area (Å²) in [4.78, 5) is 35.1. The monoisotopic (exact) mass is 528 g/mol. The Hall–Kier alpha value is -3.16. The highest BCUT2D eigenvalue weighted by molar-refractivity contribution is 6.02. The summed E-state index contributed by atoms with van der Waals surface area (Å²) in [6.45, 7) is 4.76. The molecule has 7 heteroatoms. The summed E-state index contributed by atoms with van der Waals surface area (Å²) < 4.78 is 7.55. The van der Waals surface area contributed by atoms with Crippen LogP contribution in [-0.2, 0) is 16.6 Å². The fourth-order valence-electron chi connectivity index (χ4n) is 7.18. The molecule has 0 saturated carbocycles. The standard InChI is InChI=1S/C32H40N4O3/c1-33-22-27(24-10-6-7-13-28(24)33)30-29(25-11-4-5-12-26(25)31(37)36(30)20-21-39-2)32(38)35-18-14-23(15-19-35)34-16-8-3-9-17-34/h4-7,10-13,22-23,29-30H,3,8-9,14-21H2,1-2H3. The van der Waals surface area contributed by atoms with Crippen molar-refractivity contribution < 1.29 is 14.3 Å². The molecular formula is C32H40N4O3. The Morgan fingerprint density at radius 3 is 2.41 bits per heavy atom. The highest BCUT2D eigenvalue weighted by atomic mass is 16.5. The molecule has 2 aromatic carbocycles. The van der Waals surface area contributed by atoms with Gasteiger partial charge in [-0.05, 0) is 56.5 Å². The number of likely N-dealkylation sites (tertiary alicyclic amines) is 2. The van der Waals surface area contributed by atoms with Gasteiger partial charge in [-0.25, -0.2) is 0 Å². The molecule has 3 aliphatic heterocycles. The van der Waals surface area contributed by atoms with E-state index in [1.807, 2.05) is 48.3 Å². The minimum atomic E-state index is -0.465. The lowest BCUT2D eigenvalue weighted by Crippen LogP contribution is -2.52. The molecule has 0 spiro atoms. The van der Waals surface area contributed by atoms with Gasteiger partial charge in [0.1, 0.15) is 0 Å². The number of para-hydroxylation sites is 1. The van der Waals surface area contributed by atoms with Gasteiger partial charge in [-0.2, -0.15) is 0 Å². The van der Waals surface area contributed by atoms with Crippen LogP contribution in [0.4, 0.5) is 0 Å². The van der Waals surface area contributed by atoms with Gasteiger partial charge in [-0.3, -0.25) is 9.59 Å². The van der Waals surface area contributed by atoms with Crippen molar-refractivity contribution in [3.8, 4) is 0 Å². The molecule has 2 saturated heterocycles. The predicted octanol–water partition coefficient (Wildman–Crippen LogP) is 4.58. The van der Waals surface area contributed by atoms with E-state index in [2.05, 4.69) is 32.7 Å². The molecule has 0 radical (unpaired) electrons. The Bertz CT molecular complexity index is 1340. The summed E-state index contributed by atoms with van der Waals surface area (Å²) in [5, 5.41) is 1.08. The van der Waals surface area contributed by atoms with Gasteiger partial charge in [0.25, 0.3) is 5.91 Å². The van der Waals surface area contributed by atoms with Crippen molar-refractivity contribution in [2.75, 3.05) is 46.4 Å². The molecule has 3 aliphatic rings. The second-order valence-electron chi connectivity index (χ2n) is 11.4. The van der Waals surface area contributed by atoms with Gasteiger partial charge in [0.15, 0.2) is 0 Å². The number of hydrogen-bond donors (Lipinski definition) is 0. The summed E-state index contributed by atoms with van der Waals surface area (Å²) in [6.07, 6.45) is 8.06. The molecule has 1 aromatic heterocycles. The van der Waals surface area contributed by atoms with Crippen LogP contribution in [0.3, 0.4) is 0 Å². The maximum absolute atomic E-state index is 14.6. The van der Waals surface area contributed by atoms with E-state index in [1.165, 1.54) is 32.4 Å². The maximum Gasteiger partial charge on any atom is 0.254 e. The molecule has 4 heterocycles. The third-order valence-electron chi connectivity index (χ3n) is 9.17. The predicted molar refractivity (Wildman–Crippen MR) is 153 cm³/mol. The summed E-state index contributed by atoms with van der Waals surface area (Å²) >= 11 is 0. The van der Waals surface area contributed by atoms with Crippen LogP contribution in [0, 0.1) is 0 Å². The zero-order chi connectivity index (χ0) is 26.9. The second-order valence-corrected chi connectivity index (χ2v) is 11.4. The van der Waals surface area contributed by atoms with E-state index in [0.29, 0.717) is 24.8 Å². The normalized spacial score (nSPS) is 22.9. The molecule has 2 unspecified atom stereocenters. The zero-order valence-corrected chi connectivity index (χ0v) is 23.2. The molecule has 7 nitrogen and oxygen atoms in total. The third-order valence-corrected chi connectivity index (χ3v) is 9.17. The van der Waals surface area contributed by atoms with Gasteiger partial charge in [0, 0.05) is 68.1 Å². The van der Waals surface area contributed by atoms with Crippen molar-refractivity contribution in [1.82, 2.24) is 19.3 Å². The van der Waals surface area contributed by atoms with E-state index in [4.69, 9.17) is 4.74 Å². The van der Waals surface area contributed by atoms with Crippen molar-refractivity contribution in [2.45, 2.75) is 50.1 Å². The average molecular weight is 529 g/mol. The van der Waals surface area contributed by atoms with E-state index in [9.17, 15) is 9.59 Å². The number of hydrogen-bond acceptors (Lipinski definition) is 4. The van der Waals surface area contributed by atoms with Crippen LogP contribution >= 0.6 is 0 Å². The number of ether oxygens (including phenoxy) is 1. The summed E-state index contributed by atoms with van der Waals surface area (Å²) in [5.74, 6) is -0.367. The summed E-state index contributed by atoms with van der Waals surface area (Å²) in [6, 6.07) is 16.2. The lowest BCUT2D eigenvalue weighted by atomic mass is 9.78. The average Bonchev–Trinajstić information content (AvgIpc) is 3.32. The number of carbonyl (C=O) groups excluding carboxylic acids is 2. The fraction of sp³-hybridized carbons (Fsp3) is 0.500. The van der Waals surface area contributed by atoms with E-state index >= 15 is 0 Å². The van der Waals surface area contributed by atoms with E-state index < -0.39 is 12.0 Å². The zero-order valence-electron chi connectivity index (χ0n) is 23.2. The first-order chi connectivity index (χ1) is 19.1. The second kappa shape index (κ2) is 11.1. The molecule has 6 rings (SSSR count). The molecule has 0 N–H and O–H groups in total. The van der Waals surface area contributed by atoms with Crippen LogP contribution < -0.4 is 0 Å². The summed E-state index contributed by atoms with van der Waals surface area (Å²) in [5.41, 5.74) is 3.59. The van der Waals surface area contributed by atoms with Gasteiger partial charge in [0.2, 0.25) is 5.91 Å². The topological polar surface area (TPSA) is 58.0 Å². The third kappa shape index (κ3) is 4.76. The van der Waals surface area contributed by atoms with Gasteiger partial charge >= 0.3 is 0 Å². The fourth-order valence-corrected chi connectivity index (χ4v) is 7.18. The van der Waals surface area contributed by atoms with Crippen molar-refractivity contribution in [1.29, 1.82) is 0 Å². The van der Waals surface area contributed by atoms with Gasteiger partial charge in [0.05, 0.1) is 18.6 Å². The van der Waals surface area contributed by atoms with Crippen LogP contribution in [0.25, 0.3) is 10.9 Å². The van der Waals surface area contributed by atoms with Crippen molar-refractivity contribution >= 4 is 22.7 Å². The Morgan fingerprint density at radius 2 is 1.64 bits per heavy atom. The van der Waals surface area contributed by atoms with E-state index in [1.54, 1.807) is 7.11 Å². The molecule has 39 heavy (non-hydrogen) atoms. The molecule has 0 bridgehead atoms. The first kappa shape index (κ1) is 26.1. The first-order valence-corrected chi connectivity index (χ1v) is 14.5. The van der Waals surface area contributed by atoms with Gasteiger partial charge < -0.3 is 24.0 Å². The quantitative estimate of drug-likeness (QED) is 0.470. The van der Waals surface area contributed by atoms with Crippen molar-refractivity contribution in [2.24, 2.45) is 7.05 Å². The van der Waals surface area contributed by atoms with Crippen LogP contribution in [0.2, 0.25) is 0 Å². The van der Waals surface area contributed by atoms with Gasteiger partial charge in [-0.1, -0.05) is 42.8 Å². The number of rotatable bonds is 6. The molecule has 2 fully saturated rings. The molecule has 0 aliphatic carbocycles. The Kier molecular flexibility index (Phi) is 7.45. The number of methoxy groups -OCH3 is 1. The van der Waals surface area contributed by atoms with Crippen LogP contribution in [0.1, 0.15) is 65.5 Å². The highest BCUT2D eigenvalue weighted by Gasteiger charge is 2.46. The van der Waals surface area contributed by atoms with Gasteiger partial charge in [-0.15, -0.1) is 0 Å². The molecule has 3 aromatic rings. The smallest absolute Gasteiger partial charge is 0.254 e. The number of fused-ring (bicyclic) bond motifs is 2. The number of benzene rings is 2. The SMILES string of the molecule is COCCN1C(=O)c2ccccc2C(C(=O)N2CCC(N3CCCCC3)CC2)C1c1cn(C)c2ccccc12. The number of aryl methyl sites for hydroxylation is 1. The number of amides is 2. The number of nitrogens with zero attached hydrogens (tertiary/aromatic N) is 4. The van der Waals surface area contributed by atoms with Crippen LogP contribution in [-0.4, -0.2) is 83.6 Å². The Balaban J connectivity index is 1.39. The number of aromatic nitrogens is 1. The van der Waals surface area contributed by atoms with Crippen molar-refractivity contribution in [3.63, 3.8) is 0 Å². The molecule has 206 valence electrons. The largest absolute Gasteiger partial charge is 0.383 e. The van der Waals surface area contributed by atoms with Crippen LogP contribution in [0.5, 0.6) is 0 Å². The molecule has 2 amide bonds. The summed E-state index contributed by atoms with van der Waals surface area (Å²) in [7, 11) is 3.69. The Labute approximate surface area is 231 Å². The lowest BCUT2D eigenvalue weighted by Gasteiger charge is -2.45. The minimum absolute atomic E-state index is 0.0339. The van der Waals surface area contributed by atoms with E-state index in [-0.39, 0.29) is 11.8 Å². The number of piperidine rings is 2. The first-order valence-electron chi connectivity index (χ1n) is 14.5. The number of carbonyl (C=O) groups is 2. The Morgan fingerprint density at radius 1 is 0.923 bits per heavy atom. The van der Waals surface area contributed by atoms with E-state index in [0.717, 1.165) is 48.0 Å². The van der Waals surface area contributed by atoms with Crippen LogP contribution in [0.15, 0.2) is 54.7 Å². The minimum Gasteiger partial charge on any atom is -0.383 e. The van der Waals surface area contributed by atoms with Crippen molar-refractivity contribution in [3.05, 3.63) is 71.4 Å².